The normalized spacial score (nSPS) is 12.5. The minimum Gasteiger partial charge on any atom is -0.481 e. The molecule has 0 radical (unpaired) electrons. The fourth-order valence-corrected chi connectivity index (χ4v) is 2.57. The highest BCUT2D eigenvalue weighted by Crippen LogP contribution is 2.33. The standard InChI is InChI=1S/C18H18F3N3O4/c1-10(7-15(26)27)9-22-17(28)16-14(25)8-11(2)24(23-16)13-6-4-3-5-12(13)18(19,20)21/h3-6,8,10H,7,9H2,1-2H3,(H,22,28)(H,26,27). The molecule has 1 aromatic heterocycles. The van der Waals surface area contributed by atoms with Crippen LogP contribution in [-0.4, -0.2) is 33.3 Å². The summed E-state index contributed by atoms with van der Waals surface area (Å²) < 4.78 is 40.8. The number of hydrogen-bond acceptors (Lipinski definition) is 4. The van der Waals surface area contributed by atoms with Crippen molar-refractivity contribution in [3.05, 3.63) is 57.5 Å². The van der Waals surface area contributed by atoms with Gasteiger partial charge in [0.1, 0.15) is 0 Å². The molecule has 0 spiro atoms. The van der Waals surface area contributed by atoms with Crippen LogP contribution in [0.4, 0.5) is 13.2 Å². The van der Waals surface area contributed by atoms with Gasteiger partial charge in [-0.05, 0) is 25.0 Å². The van der Waals surface area contributed by atoms with E-state index >= 15 is 0 Å². The number of nitrogens with zero attached hydrogens (tertiary/aromatic N) is 2. The molecule has 2 rings (SSSR count). The van der Waals surface area contributed by atoms with E-state index in [9.17, 15) is 27.6 Å². The Morgan fingerprint density at radius 2 is 1.93 bits per heavy atom. The van der Waals surface area contributed by atoms with Gasteiger partial charge in [-0.2, -0.15) is 18.3 Å². The Hall–Kier alpha value is -3.17. The van der Waals surface area contributed by atoms with Gasteiger partial charge in [-0.1, -0.05) is 19.1 Å². The van der Waals surface area contributed by atoms with Gasteiger partial charge < -0.3 is 10.4 Å². The Bertz CT molecular complexity index is 954. The summed E-state index contributed by atoms with van der Waals surface area (Å²) in [6, 6.07) is 5.69. The lowest BCUT2D eigenvalue weighted by molar-refractivity contribution is -0.138. The van der Waals surface area contributed by atoms with Crippen LogP contribution >= 0.6 is 0 Å². The molecule has 10 heteroatoms. The van der Waals surface area contributed by atoms with E-state index in [4.69, 9.17) is 5.11 Å². The highest BCUT2D eigenvalue weighted by molar-refractivity contribution is 5.92. The second-order valence-corrected chi connectivity index (χ2v) is 6.34. The van der Waals surface area contributed by atoms with E-state index in [0.717, 1.165) is 16.8 Å². The molecule has 2 aromatic rings. The number of carbonyl (C=O) groups is 2. The second kappa shape index (κ2) is 8.24. The van der Waals surface area contributed by atoms with Gasteiger partial charge in [-0.3, -0.25) is 14.4 Å². The van der Waals surface area contributed by atoms with E-state index in [1.54, 1.807) is 6.92 Å². The van der Waals surface area contributed by atoms with Crippen LogP contribution in [0.2, 0.25) is 0 Å². The maximum Gasteiger partial charge on any atom is 0.418 e. The molecule has 1 heterocycles. The van der Waals surface area contributed by atoms with E-state index < -0.39 is 40.7 Å². The summed E-state index contributed by atoms with van der Waals surface area (Å²) in [6.07, 6.45) is -4.84. The van der Waals surface area contributed by atoms with Crippen molar-refractivity contribution in [1.29, 1.82) is 0 Å². The smallest absolute Gasteiger partial charge is 0.418 e. The van der Waals surface area contributed by atoms with Crippen molar-refractivity contribution in [2.75, 3.05) is 6.54 Å². The van der Waals surface area contributed by atoms with E-state index in [1.807, 2.05) is 0 Å². The summed E-state index contributed by atoms with van der Waals surface area (Å²) in [5.41, 5.74) is -2.49. The first-order valence-corrected chi connectivity index (χ1v) is 8.28. The largest absolute Gasteiger partial charge is 0.481 e. The Kier molecular flexibility index (Phi) is 6.22. The second-order valence-electron chi connectivity index (χ2n) is 6.34. The average Bonchev–Trinajstić information content (AvgIpc) is 2.58. The molecule has 7 nitrogen and oxygen atoms in total. The van der Waals surface area contributed by atoms with Crippen LogP contribution in [0, 0.1) is 12.8 Å². The number of halogens is 3. The van der Waals surface area contributed by atoms with E-state index in [2.05, 4.69) is 10.4 Å². The zero-order valence-corrected chi connectivity index (χ0v) is 15.1. The number of amides is 1. The Morgan fingerprint density at radius 1 is 1.29 bits per heavy atom. The summed E-state index contributed by atoms with van der Waals surface area (Å²) in [6.45, 7) is 2.96. The number of aliphatic carboxylic acids is 1. The first-order valence-electron chi connectivity index (χ1n) is 8.28. The third-order valence-corrected chi connectivity index (χ3v) is 3.89. The number of para-hydroxylation sites is 1. The maximum absolute atomic E-state index is 13.3. The summed E-state index contributed by atoms with van der Waals surface area (Å²) in [5, 5.41) is 14.9. The number of alkyl halides is 3. The minimum absolute atomic E-state index is 0.0285. The third-order valence-electron chi connectivity index (χ3n) is 3.89. The molecular weight excluding hydrogens is 379 g/mol. The van der Waals surface area contributed by atoms with E-state index in [1.165, 1.54) is 25.1 Å². The molecule has 0 fully saturated rings. The van der Waals surface area contributed by atoms with Gasteiger partial charge in [-0.25, -0.2) is 4.68 Å². The first kappa shape index (κ1) is 21.1. The Morgan fingerprint density at radius 3 is 2.54 bits per heavy atom. The monoisotopic (exact) mass is 397 g/mol. The minimum atomic E-state index is -4.65. The van der Waals surface area contributed by atoms with Crippen molar-refractivity contribution in [3.63, 3.8) is 0 Å². The number of benzene rings is 1. The summed E-state index contributed by atoms with van der Waals surface area (Å²) in [4.78, 5) is 35.1. The molecule has 1 atom stereocenters. The summed E-state index contributed by atoms with van der Waals surface area (Å²) in [5.74, 6) is -2.33. The number of hydrogen-bond donors (Lipinski definition) is 2. The lowest BCUT2D eigenvalue weighted by Crippen LogP contribution is -2.35. The van der Waals surface area contributed by atoms with Crippen LogP contribution in [0.1, 0.15) is 35.1 Å². The molecule has 0 aliphatic carbocycles. The van der Waals surface area contributed by atoms with Crippen molar-refractivity contribution >= 4 is 11.9 Å². The lowest BCUT2D eigenvalue weighted by Gasteiger charge is -2.17. The Balaban J connectivity index is 2.40. The molecule has 2 N–H and O–H groups in total. The molecule has 0 aliphatic heterocycles. The number of aromatic nitrogens is 2. The van der Waals surface area contributed by atoms with Crippen LogP contribution in [0.3, 0.4) is 0 Å². The van der Waals surface area contributed by atoms with Crippen LogP contribution in [0.15, 0.2) is 35.1 Å². The molecule has 1 aromatic carbocycles. The van der Waals surface area contributed by atoms with Gasteiger partial charge in [0.15, 0.2) is 5.69 Å². The number of carbonyl (C=O) groups excluding carboxylic acids is 1. The fraction of sp³-hybridized carbons (Fsp3) is 0.333. The number of carboxylic acid groups (broad SMARTS) is 1. The highest BCUT2D eigenvalue weighted by atomic mass is 19.4. The van der Waals surface area contributed by atoms with Crippen molar-refractivity contribution in [1.82, 2.24) is 15.1 Å². The predicted octanol–water partition coefficient (Wildman–Crippen LogP) is 2.40. The molecule has 1 amide bonds. The maximum atomic E-state index is 13.3. The number of carboxylic acids is 1. The number of rotatable bonds is 6. The zero-order chi connectivity index (χ0) is 21.1. The molecule has 150 valence electrons. The number of nitrogens with one attached hydrogen (secondary N) is 1. The van der Waals surface area contributed by atoms with Gasteiger partial charge >= 0.3 is 12.1 Å². The van der Waals surface area contributed by atoms with E-state index in [0.29, 0.717) is 0 Å². The van der Waals surface area contributed by atoms with Crippen molar-refractivity contribution in [3.8, 4) is 5.69 Å². The third kappa shape index (κ3) is 4.96. The molecule has 0 aliphatic rings. The zero-order valence-electron chi connectivity index (χ0n) is 15.1. The summed E-state index contributed by atoms with van der Waals surface area (Å²) >= 11 is 0. The molecule has 0 bridgehead atoms. The van der Waals surface area contributed by atoms with Crippen molar-refractivity contribution < 1.29 is 27.9 Å². The molecule has 28 heavy (non-hydrogen) atoms. The topological polar surface area (TPSA) is 101 Å². The van der Waals surface area contributed by atoms with Crippen LogP contribution in [0.5, 0.6) is 0 Å². The van der Waals surface area contributed by atoms with Gasteiger partial charge in [0.25, 0.3) is 5.91 Å². The first-order chi connectivity index (χ1) is 13.0. The molecule has 0 saturated heterocycles. The predicted molar refractivity (Wildman–Crippen MR) is 93.3 cm³/mol. The molecular formula is C18H18F3N3O4. The van der Waals surface area contributed by atoms with Gasteiger partial charge in [0.2, 0.25) is 5.43 Å². The summed E-state index contributed by atoms with van der Waals surface area (Å²) in [7, 11) is 0. The SMILES string of the molecule is Cc1cc(=O)c(C(=O)NCC(C)CC(=O)O)nn1-c1ccccc1C(F)(F)F. The number of aryl methyl sites for hydroxylation is 1. The van der Waals surface area contributed by atoms with E-state index in [-0.39, 0.29) is 24.3 Å². The van der Waals surface area contributed by atoms with Gasteiger partial charge in [0.05, 0.1) is 11.3 Å². The van der Waals surface area contributed by atoms with Crippen LogP contribution in [-0.2, 0) is 11.0 Å². The van der Waals surface area contributed by atoms with Gasteiger partial charge in [0, 0.05) is 24.7 Å². The van der Waals surface area contributed by atoms with Gasteiger partial charge in [-0.15, -0.1) is 0 Å². The fourth-order valence-electron chi connectivity index (χ4n) is 2.57. The Labute approximate surface area is 157 Å². The van der Waals surface area contributed by atoms with Crippen LogP contribution in [0.25, 0.3) is 5.69 Å². The van der Waals surface area contributed by atoms with Crippen molar-refractivity contribution in [2.24, 2.45) is 5.92 Å². The quantitative estimate of drug-likeness (QED) is 0.780. The van der Waals surface area contributed by atoms with Crippen LogP contribution < -0.4 is 10.7 Å². The molecule has 0 saturated carbocycles. The molecule has 1 unspecified atom stereocenters. The van der Waals surface area contributed by atoms with Crippen molar-refractivity contribution in [2.45, 2.75) is 26.4 Å². The lowest BCUT2D eigenvalue weighted by atomic mass is 10.1. The average molecular weight is 397 g/mol. The highest BCUT2D eigenvalue weighted by Gasteiger charge is 2.34.